The summed E-state index contributed by atoms with van der Waals surface area (Å²) in [6.45, 7) is 3.14. The van der Waals surface area contributed by atoms with E-state index in [1.807, 2.05) is 0 Å². The van der Waals surface area contributed by atoms with E-state index in [1.165, 1.54) is 36.4 Å². The van der Waals surface area contributed by atoms with Gasteiger partial charge in [0.2, 0.25) is 0 Å². The normalized spacial score (nSPS) is 12.2. The van der Waals surface area contributed by atoms with Gasteiger partial charge in [-0.25, -0.2) is 19.4 Å². The molecule has 36 heavy (non-hydrogen) atoms. The van der Waals surface area contributed by atoms with Crippen LogP contribution >= 0.6 is 7.60 Å². The fraction of sp³-hybridized carbons (Fsp3) is 0.304. The van der Waals surface area contributed by atoms with E-state index in [1.54, 1.807) is 13.8 Å². The molecule has 0 aromatic heterocycles. The van der Waals surface area contributed by atoms with Gasteiger partial charge in [-0.3, -0.25) is 4.57 Å². The quantitative estimate of drug-likeness (QED) is 0.237. The SMILES string of the molecule is CCOP(=O)(OCC)C(NC(=O)/N=C/c1ccc(O)c(C(=O)OC)c1)c1ccc(O)c(C(=O)OC)c1. The molecule has 0 radical (unpaired) electrons. The molecule has 2 rings (SSSR count). The van der Waals surface area contributed by atoms with Crippen LogP contribution in [0.3, 0.4) is 0 Å². The second kappa shape index (κ2) is 12.8. The molecule has 2 aromatic carbocycles. The van der Waals surface area contributed by atoms with Crippen LogP contribution in [0.4, 0.5) is 4.79 Å². The number of aromatic hydroxyl groups is 2. The van der Waals surface area contributed by atoms with Crippen molar-refractivity contribution in [2.24, 2.45) is 4.99 Å². The van der Waals surface area contributed by atoms with Crippen LogP contribution in [0.15, 0.2) is 41.4 Å². The van der Waals surface area contributed by atoms with Crippen molar-refractivity contribution in [3.05, 3.63) is 58.7 Å². The molecule has 3 N–H and O–H groups in total. The number of nitrogens with one attached hydrogen (secondary N) is 1. The summed E-state index contributed by atoms with van der Waals surface area (Å²) in [7, 11) is -1.76. The van der Waals surface area contributed by atoms with E-state index in [0.29, 0.717) is 0 Å². The van der Waals surface area contributed by atoms with E-state index < -0.39 is 31.3 Å². The Labute approximate surface area is 207 Å². The lowest BCUT2D eigenvalue weighted by Crippen LogP contribution is -2.28. The molecule has 194 valence electrons. The molecule has 0 spiro atoms. The van der Waals surface area contributed by atoms with Gasteiger partial charge in [0.1, 0.15) is 22.6 Å². The third kappa shape index (κ3) is 6.91. The van der Waals surface area contributed by atoms with Crippen molar-refractivity contribution >= 4 is 31.8 Å². The molecule has 0 aliphatic carbocycles. The Kier molecular flexibility index (Phi) is 10.2. The number of ether oxygens (including phenoxy) is 2. The minimum absolute atomic E-state index is 0.0152. The molecular formula is C23H27N2O10P. The Morgan fingerprint density at radius 3 is 2.00 bits per heavy atom. The summed E-state index contributed by atoms with van der Waals surface area (Å²) in [4.78, 5) is 40.3. The maximum atomic E-state index is 13.6. The van der Waals surface area contributed by atoms with E-state index in [9.17, 15) is 29.2 Å². The minimum Gasteiger partial charge on any atom is -0.507 e. The number of hydrogen-bond acceptors (Lipinski definition) is 10. The summed E-state index contributed by atoms with van der Waals surface area (Å²) < 4.78 is 33.6. The summed E-state index contributed by atoms with van der Waals surface area (Å²) in [5.74, 6) is -3.74. The molecule has 0 saturated heterocycles. The standard InChI is InChI=1S/C23H27N2O10P/c1-5-34-36(31,35-6-2)20(15-8-10-19(27)17(12-15)22(29)33-4)25-23(30)24-13-14-7-9-18(26)16(11-14)21(28)32-3/h7-13,20,26-27H,5-6H2,1-4H3,(H,25,30)/b24-13+. The van der Waals surface area contributed by atoms with Gasteiger partial charge in [0.15, 0.2) is 5.78 Å². The first-order chi connectivity index (χ1) is 17.1. The summed E-state index contributed by atoms with van der Waals surface area (Å²) in [5, 5.41) is 22.3. The fourth-order valence-corrected chi connectivity index (χ4v) is 4.97. The molecule has 2 amide bonds. The zero-order valence-electron chi connectivity index (χ0n) is 20.1. The Bertz CT molecular complexity index is 1190. The Balaban J connectivity index is 2.44. The Hall–Kier alpha value is -3.73. The largest absolute Gasteiger partial charge is 0.507 e. The molecule has 0 heterocycles. The summed E-state index contributed by atoms with van der Waals surface area (Å²) in [5.41, 5.74) is 0.0583. The van der Waals surface area contributed by atoms with Gasteiger partial charge < -0.3 is 34.1 Å². The van der Waals surface area contributed by atoms with E-state index >= 15 is 0 Å². The van der Waals surface area contributed by atoms with Crippen molar-refractivity contribution < 1.29 is 47.7 Å². The average Bonchev–Trinajstić information content (AvgIpc) is 2.86. The zero-order valence-corrected chi connectivity index (χ0v) is 21.0. The fourth-order valence-electron chi connectivity index (χ4n) is 3.08. The molecule has 0 aliphatic heterocycles. The van der Waals surface area contributed by atoms with Gasteiger partial charge in [-0.2, -0.15) is 0 Å². The number of carbonyl (C=O) groups excluding carboxylic acids is 3. The first kappa shape index (κ1) is 28.5. The van der Waals surface area contributed by atoms with Gasteiger partial charge >= 0.3 is 25.6 Å². The van der Waals surface area contributed by atoms with Gasteiger partial charge in [0.05, 0.1) is 27.4 Å². The third-order valence-corrected chi connectivity index (χ3v) is 6.99. The average molecular weight is 522 g/mol. The molecule has 2 aromatic rings. The lowest BCUT2D eigenvalue weighted by molar-refractivity contribution is 0.0588. The van der Waals surface area contributed by atoms with Gasteiger partial charge in [-0.05, 0) is 55.3 Å². The molecule has 0 fully saturated rings. The Morgan fingerprint density at radius 2 is 1.47 bits per heavy atom. The molecule has 13 heteroatoms. The Morgan fingerprint density at radius 1 is 0.944 bits per heavy atom. The number of aliphatic imine (C=N–C) groups is 1. The highest BCUT2D eigenvalue weighted by Gasteiger charge is 2.39. The van der Waals surface area contributed by atoms with Crippen LogP contribution in [0, 0.1) is 0 Å². The number of phenolic OH excluding ortho intramolecular Hbond substituents is 2. The van der Waals surface area contributed by atoms with E-state index in [4.69, 9.17) is 9.05 Å². The number of rotatable bonds is 10. The predicted molar refractivity (Wildman–Crippen MR) is 129 cm³/mol. The number of nitrogens with zero attached hydrogens (tertiary/aromatic N) is 1. The summed E-state index contributed by atoms with van der Waals surface area (Å²) in [6, 6.07) is 6.66. The van der Waals surface area contributed by atoms with Crippen molar-refractivity contribution in [3.8, 4) is 11.5 Å². The summed E-state index contributed by atoms with van der Waals surface area (Å²) in [6.07, 6.45) is 1.11. The monoisotopic (exact) mass is 522 g/mol. The molecule has 0 saturated carbocycles. The van der Waals surface area contributed by atoms with Crippen molar-refractivity contribution in [1.82, 2.24) is 5.32 Å². The molecule has 0 aliphatic rings. The second-order valence-corrected chi connectivity index (χ2v) is 9.13. The highest BCUT2D eigenvalue weighted by molar-refractivity contribution is 7.54. The van der Waals surface area contributed by atoms with Crippen molar-refractivity contribution in [2.45, 2.75) is 19.6 Å². The molecular weight excluding hydrogens is 495 g/mol. The number of urea groups is 1. The van der Waals surface area contributed by atoms with Gasteiger partial charge in [-0.1, -0.05) is 6.07 Å². The van der Waals surface area contributed by atoms with Crippen molar-refractivity contribution in [1.29, 1.82) is 0 Å². The molecule has 1 atom stereocenters. The number of esters is 2. The van der Waals surface area contributed by atoms with Crippen LogP contribution in [0.25, 0.3) is 0 Å². The minimum atomic E-state index is -4.04. The molecule has 1 unspecified atom stereocenters. The van der Waals surface area contributed by atoms with Gasteiger partial charge in [-0.15, -0.1) is 0 Å². The van der Waals surface area contributed by atoms with Crippen LogP contribution in [0.5, 0.6) is 11.5 Å². The van der Waals surface area contributed by atoms with Crippen LogP contribution in [-0.2, 0) is 23.1 Å². The predicted octanol–water partition coefficient (Wildman–Crippen LogP) is 3.76. The summed E-state index contributed by atoms with van der Waals surface area (Å²) >= 11 is 0. The van der Waals surface area contributed by atoms with Gasteiger partial charge in [0.25, 0.3) is 0 Å². The number of amides is 2. The van der Waals surface area contributed by atoms with Crippen molar-refractivity contribution in [2.75, 3.05) is 27.4 Å². The first-order valence-corrected chi connectivity index (χ1v) is 12.3. The van der Waals surface area contributed by atoms with E-state index in [0.717, 1.165) is 20.4 Å². The third-order valence-electron chi connectivity index (χ3n) is 4.69. The number of hydrogen-bond donors (Lipinski definition) is 3. The number of phenols is 2. The highest BCUT2D eigenvalue weighted by atomic mass is 31.2. The first-order valence-electron chi connectivity index (χ1n) is 10.7. The smallest absolute Gasteiger partial charge is 0.357 e. The second-order valence-electron chi connectivity index (χ2n) is 7.02. The zero-order chi connectivity index (χ0) is 26.9. The lowest BCUT2D eigenvalue weighted by atomic mass is 10.1. The maximum absolute atomic E-state index is 13.6. The maximum Gasteiger partial charge on any atom is 0.357 e. The van der Waals surface area contributed by atoms with Gasteiger partial charge in [0, 0.05) is 6.21 Å². The van der Waals surface area contributed by atoms with Crippen LogP contribution in [-0.4, -0.2) is 61.8 Å². The van der Waals surface area contributed by atoms with E-state index in [-0.39, 0.29) is 47.0 Å². The number of methoxy groups -OCH3 is 2. The van der Waals surface area contributed by atoms with E-state index in [2.05, 4.69) is 19.8 Å². The van der Waals surface area contributed by atoms with Crippen LogP contribution in [0.2, 0.25) is 0 Å². The van der Waals surface area contributed by atoms with Crippen molar-refractivity contribution in [3.63, 3.8) is 0 Å². The topological polar surface area (TPSA) is 170 Å². The molecule has 0 bridgehead atoms. The van der Waals surface area contributed by atoms with Crippen LogP contribution < -0.4 is 5.32 Å². The number of carbonyl (C=O) groups is 3. The lowest BCUT2D eigenvalue weighted by Gasteiger charge is -2.27. The van der Waals surface area contributed by atoms with Crippen LogP contribution in [0.1, 0.15) is 51.5 Å². The number of benzene rings is 2. The molecule has 12 nitrogen and oxygen atoms in total. The highest BCUT2D eigenvalue weighted by Crippen LogP contribution is 2.59.